The lowest BCUT2D eigenvalue weighted by molar-refractivity contribution is 0.101. The third-order valence-corrected chi connectivity index (χ3v) is 3.12. The second-order valence-corrected chi connectivity index (χ2v) is 4.53. The maximum atomic E-state index is 12.0. The van der Waals surface area contributed by atoms with Crippen molar-refractivity contribution in [2.24, 2.45) is 0 Å². The van der Waals surface area contributed by atoms with Crippen LogP contribution in [0.4, 0.5) is 5.82 Å². The number of anilines is 1. The average Bonchev–Trinajstić information content (AvgIpc) is 2.53. The lowest BCUT2D eigenvalue weighted by atomic mass is 10.1. The number of carbonyl (C=O) groups is 1. The molecule has 0 unspecified atom stereocenters. The minimum atomic E-state index is 0.0561. The molecule has 3 aromatic rings. The molecule has 3 rings (SSSR count). The van der Waals surface area contributed by atoms with E-state index in [0.29, 0.717) is 11.4 Å². The molecule has 0 radical (unpaired) electrons. The van der Waals surface area contributed by atoms with Gasteiger partial charge in [0, 0.05) is 10.9 Å². The Balaban J connectivity index is 1.72. The molecule has 0 fully saturated rings. The van der Waals surface area contributed by atoms with E-state index in [-0.39, 0.29) is 12.3 Å². The fourth-order valence-corrected chi connectivity index (χ4v) is 2.06. The number of rotatable bonds is 4. The Labute approximate surface area is 117 Å². The van der Waals surface area contributed by atoms with Crippen LogP contribution in [0, 0.1) is 0 Å². The van der Waals surface area contributed by atoms with Crippen molar-refractivity contribution in [1.29, 1.82) is 0 Å². The second kappa shape index (κ2) is 5.53. The van der Waals surface area contributed by atoms with Gasteiger partial charge in [0.25, 0.3) is 0 Å². The number of Topliss-reactive ketones (excluding diaryl/α,β-unsaturated/α-hetero) is 1. The zero-order valence-electron chi connectivity index (χ0n) is 10.9. The predicted octanol–water partition coefficient (Wildman–Crippen LogP) is 3.53. The summed E-state index contributed by atoms with van der Waals surface area (Å²) in [7, 11) is 0. The SMILES string of the molecule is O=C(CNc1ccc2ccccc2n1)c1ccccc1. The van der Waals surface area contributed by atoms with Gasteiger partial charge in [-0.25, -0.2) is 4.98 Å². The zero-order chi connectivity index (χ0) is 13.8. The van der Waals surface area contributed by atoms with E-state index in [4.69, 9.17) is 0 Å². The monoisotopic (exact) mass is 262 g/mol. The lowest BCUT2D eigenvalue weighted by Crippen LogP contribution is -2.14. The fourth-order valence-electron chi connectivity index (χ4n) is 2.06. The van der Waals surface area contributed by atoms with E-state index in [2.05, 4.69) is 10.3 Å². The molecule has 0 saturated carbocycles. The van der Waals surface area contributed by atoms with Gasteiger partial charge in [0.2, 0.25) is 0 Å². The molecule has 1 N–H and O–H groups in total. The van der Waals surface area contributed by atoms with E-state index >= 15 is 0 Å². The van der Waals surface area contributed by atoms with E-state index in [0.717, 1.165) is 10.9 Å². The maximum Gasteiger partial charge on any atom is 0.181 e. The van der Waals surface area contributed by atoms with Gasteiger partial charge in [0.1, 0.15) is 5.82 Å². The molecular weight excluding hydrogens is 248 g/mol. The van der Waals surface area contributed by atoms with Gasteiger partial charge in [0.15, 0.2) is 5.78 Å². The van der Waals surface area contributed by atoms with E-state index in [9.17, 15) is 4.79 Å². The van der Waals surface area contributed by atoms with Gasteiger partial charge >= 0.3 is 0 Å². The van der Waals surface area contributed by atoms with Gasteiger partial charge in [-0.15, -0.1) is 0 Å². The Morgan fingerprint density at radius 3 is 2.50 bits per heavy atom. The normalized spacial score (nSPS) is 10.4. The highest BCUT2D eigenvalue weighted by atomic mass is 16.1. The number of pyridine rings is 1. The summed E-state index contributed by atoms with van der Waals surface area (Å²) in [6.45, 7) is 0.245. The number of hydrogen-bond donors (Lipinski definition) is 1. The molecule has 0 aliphatic rings. The highest BCUT2D eigenvalue weighted by Crippen LogP contribution is 2.14. The fraction of sp³-hybridized carbons (Fsp3) is 0.0588. The van der Waals surface area contributed by atoms with Gasteiger partial charge in [-0.2, -0.15) is 0 Å². The predicted molar refractivity (Wildman–Crippen MR) is 81.0 cm³/mol. The minimum absolute atomic E-state index is 0.0561. The summed E-state index contributed by atoms with van der Waals surface area (Å²) in [6.07, 6.45) is 0. The van der Waals surface area contributed by atoms with Crippen molar-refractivity contribution in [3.05, 3.63) is 72.3 Å². The molecular formula is C17H14N2O. The van der Waals surface area contributed by atoms with Crippen molar-refractivity contribution in [3.8, 4) is 0 Å². The molecule has 0 aliphatic carbocycles. The first-order chi connectivity index (χ1) is 9.83. The molecule has 0 atom stereocenters. The quantitative estimate of drug-likeness (QED) is 0.731. The van der Waals surface area contributed by atoms with Gasteiger partial charge < -0.3 is 5.32 Å². The number of carbonyl (C=O) groups excluding carboxylic acids is 1. The van der Waals surface area contributed by atoms with Crippen LogP contribution in [-0.2, 0) is 0 Å². The van der Waals surface area contributed by atoms with Crippen molar-refractivity contribution in [2.75, 3.05) is 11.9 Å². The third-order valence-electron chi connectivity index (χ3n) is 3.12. The Bertz CT molecular complexity index is 738. The summed E-state index contributed by atoms with van der Waals surface area (Å²) in [5.41, 5.74) is 1.63. The summed E-state index contributed by atoms with van der Waals surface area (Å²) >= 11 is 0. The molecule has 20 heavy (non-hydrogen) atoms. The number of nitrogens with zero attached hydrogens (tertiary/aromatic N) is 1. The van der Waals surface area contributed by atoms with Crippen LogP contribution in [0.15, 0.2) is 66.7 Å². The standard InChI is InChI=1S/C17H14N2O/c20-16(14-7-2-1-3-8-14)12-18-17-11-10-13-6-4-5-9-15(13)19-17/h1-11H,12H2,(H,18,19). The largest absolute Gasteiger partial charge is 0.363 e. The number of para-hydroxylation sites is 1. The Morgan fingerprint density at radius 1 is 0.900 bits per heavy atom. The van der Waals surface area contributed by atoms with Crippen molar-refractivity contribution in [2.45, 2.75) is 0 Å². The first kappa shape index (κ1) is 12.4. The summed E-state index contributed by atoms with van der Waals surface area (Å²) in [5.74, 6) is 0.772. The van der Waals surface area contributed by atoms with Crippen LogP contribution in [-0.4, -0.2) is 17.3 Å². The molecule has 1 aromatic heterocycles. The van der Waals surface area contributed by atoms with Crippen molar-refractivity contribution >= 4 is 22.5 Å². The summed E-state index contributed by atoms with van der Waals surface area (Å²) < 4.78 is 0. The van der Waals surface area contributed by atoms with Crippen LogP contribution in [0.25, 0.3) is 10.9 Å². The van der Waals surface area contributed by atoms with Crippen LogP contribution in [0.3, 0.4) is 0 Å². The number of hydrogen-bond acceptors (Lipinski definition) is 3. The Morgan fingerprint density at radius 2 is 1.65 bits per heavy atom. The van der Waals surface area contributed by atoms with E-state index in [1.165, 1.54) is 0 Å². The first-order valence-electron chi connectivity index (χ1n) is 6.51. The summed E-state index contributed by atoms with van der Waals surface area (Å²) in [5, 5.41) is 4.16. The zero-order valence-corrected chi connectivity index (χ0v) is 10.9. The van der Waals surface area contributed by atoms with Crippen LogP contribution < -0.4 is 5.32 Å². The molecule has 2 aromatic carbocycles. The van der Waals surface area contributed by atoms with Crippen LogP contribution in [0.2, 0.25) is 0 Å². The first-order valence-corrected chi connectivity index (χ1v) is 6.51. The topological polar surface area (TPSA) is 42.0 Å². The van der Waals surface area contributed by atoms with Crippen LogP contribution in [0.5, 0.6) is 0 Å². The van der Waals surface area contributed by atoms with Gasteiger partial charge in [-0.1, -0.05) is 48.5 Å². The molecule has 0 bridgehead atoms. The molecule has 0 aliphatic heterocycles. The average molecular weight is 262 g/mol. The number of benzene rings is 2. The number of fused-ring (bicyclic) bond motifs is 1. The molecule has 0 amide bonds. The minimum Gasteiger partial charge on any atom is -0.363 e. The molecule has 1 heterocycles. The smallest absolute Gasteiger partial charge is 0.181 e. The lowest BCUT2D eigenvalue weighted by Gasteiger charge is -2.06. The van der Waals surface area contributed by atoms with Crippen LogP contribution in [0.1, 0.15) is 10.4 Å². The van der Waals surface area contributed by atoms with Gasteiger partial charge in [0.05, 0.1) is 12.1 Å². The second-order valence-electron chi connectivity index (χ2n) is 4.53. The number of nitrogens with one attached hydrogen (secondary N) is 1. The highest BCUT2D eigenvalue weighted by molar-refractivity contribution is 5.98. The van der Waals surface area contributed by atoms with Crippen molar-refractivity contribution in [3.63, 3.8) is 0 Å². The molecule has 0 saturated heterocycles. The van der Waals surface area contributed by atoms with E-state index < -0.39 is 0 Å². The van der Waals surface area contributed by atoms with E-state index in [1.807, 2.05) is 66.7 Å². The highest BCUT2D eigenvalue weighted by Gasteiger charge is 2.05. The molecule has 0 spiro atoms. The Kier molecular flexibility index (Phi) is 3.42. The molecule has 3 heteroatoms. The van der Waals surface area contributed by atoms with Crippen LogP contribution >= 0.6 is 0 Å². The number of aromatic nitrogens is 1. The van der Waals surface area contributed by atoms with E-state index in [1.54, 1.807) is 0 Å². The maximum absolute atomic E-state index is 12.0. The number of ketones is 1. The summed E-state index contributed by atoms with van der Waals surface area (Å²) in [6, 6.07) is 21.1. The molecule has 3 nitrogen and oxygen atoms in total. The van der Waals surface area contributed by atoms with Crippen molar-refractivity contribution < 1.29 is 4.79 Å². The summed E-state index contributed by atoms with van der Waals surface area (Å²) in [4.78, 5) is 16.5. The van der Waals surface area contributed by atoms with Gasteiger partial charge in [-0.05, 0) is 18.2 Å². The van der Waals surface area contributed by atoms with Crippen molar-refractivity contribution in [1.82, 2.24) is 4.98 Å². The van der Waals surface area contributed by atoms with Gasteiger partial charge in [-0.3, -0.25) is 4.79 Å². The third kappa shape index (κ3) is 2.67. The Hall–Kier alpha value is -2.68. The molecule has 98 valence electrons.